The molecule has 0 atom stereocenters. The van der Waals surface area contributed by atoms with Gasteiger partial charge in [-0.3, -0.25) is 0 Å². The Morgan fingerprint density at radius 2 is 0.716 bits per heavy atom. The summed E-state index contributed by atoms with van der Waals surface area (Å²) in [4.78, 5) is 2.44. The molecule has 0 amide bonds. The van der Waals surface area contributed by atoms with Crippen LogP contribution in [0.15, 0.2) is 221 Å². The monoisotopic (exact) mass is 855 g/mol. The third-order valence-corrected chi connectivity index (χ3v) is 15.5. The van der Waals surface area contributed by atoms with Gasteiger partial charge >= 0.3 is 0 Å². The van der Waals surface area contributed by atoms with Crippen LogP contribution in [0, 0.1) is 0 Å². The topological polar surface area (TPSA) is 29.5 Å². The molecule has 2 heterocycles. The van der Waals surface area contributed by atoms with Gasteiger partial charge in [0.25, 0.3) is 0 Å². The fourth-order valence-corrected chi connectivity index (χ4v) is 12.5. The number of rotatable bonds is 4. The van der Waals surface area contributed by atoms with Gasteiger partial charge in [0, 0.05) is 50.1 Å². The Balaban J connectivity index is 0.936. The highest BCUT2D eigenvalue weighted by Gasteiger charge is 2.51. The highest BCUT2D eigenvalue weighted by molar-refractivity contribution is 6.15. The Bertz CT molecular complexity index is 4030. The zero-order valence-corrected chi connectivity index (χ0v) is 37.0. The van der Waals surface area contributed by atoms with Gasteiger partial charge in [0.1, 0.15) is 22.3 Å². The van der Waals surface area contributed by atoms with E-state index in [-0.39, 0.29) is 5.41 Å². The zero-order chi connectivity index (χ0) is 44.2. The normalized spacial score (nSPS) is 14.4. The lowest BCUT2D eigenvalue weighted by Crippen LogP contribution is -2.26. The third kappa shape index (κ3) is 4.85. The number of hydrogen-bond acceptors (Lipinski definition) is 3. The van der Waals surface area contributed by atoms with Crippen LogP contribution in [0.4, 0.5) is 17.1 Å². The SMILES string of the molecule is CC1(C)c2ccccc2-c2ccc(N(c3ccc4c(c3)C3(c5ccccc5-c5ccccc53)c3ccccc3-4)c3ccc4c(c3)oc3cc5c(cc34)oc3cc(-c4ccccc4)ccc35)cc21. The van der Waals surface area contributed by atoms with Gasteiger partial charge in [0.05, 0.1) is 5.41 Å². The van der Waals surface area contributed by atoms with E-state index < -0.39 is 5.41 Å². The molecule has 0 saturated heterocycles. The molecule has 0 aliphatic heterocycles. The molecule has 3 nitrogen and oxygen atoms in total. The van der Waals surface area contributed by atoms with Gasteiger partial charge < -0.3 is 13.7 Å². The summed E-state index contributed by atoms with van der Waals surface area (Å²) in [5.74, 6) is 0. The maximum Gasteiger partial charge on any atom is 0.137 e. The molecule has 0 fully saturated rings. The minimum atomic E-state index is -0.463. The Morgan fingerprint density at radius 1 is 0.299 bits per heavy atom. The van der Waals surface area contributed by atoms with E-state index in [1.807, 2.05) is 6.07 Å². The van der Waals surface area contributed by atoms with Crippen molar-refractivity contribution in [3.05, 3.63) is 246 Å². The van der Waals surface area contributed by atoms with Crippen LogP contribution in [0.25, 0.3) is 88.4 Å². The second-order valence-corrected chi connectivity index (χ2v) is 19.2. The molecule has 10 aromatic carbocycles. The molecule has 3 aliphatic rings. The van der Waals surface area contributed by atoms with Crippen molar-refractivity contribution in [2.75, 3.05) is 4.90 Å². The molecule has 0 radical (unpaired) electrons. The zero-order valence-electron chi connectivity index (χ0n) is 37.0. The summed E-state index contributed by atoms with van der Waals surface area (Å²) < 4.78 is 13.5. The van der Waals surface area contributed by atoms with Gasteiger partial charge in [0.2, 0.25) is 0 Å². The van der Waals surface area contributed by atoms with Crippen LogP contribution in [0.1, 0.15) is 47.2 Å². The molecule has 314 valence electrons. The van der Waals surface area contributed by atoms with Crippen molar-refractivity contribution < 1.29 is 8.83 Å². The molecule has 12 aromatic rings. The molecular formula is C64H41NO2. The van der Waals surface area contributed by atoms with Crippen molar-refractivity contribution in [3.63, 3.8) is 0 Å². The molecular weight excluding hydrogens is 815 g/mol. The van der Waals surface area contributed by atoms with Crippen LogP contribution in [-0.4, -0.2) is 0 Å². The number of furan rings is 2. The van der Waals surface area contributed by atoms with Crippen molar-refractivity contribution >= 4 is 60.9 Å². The molecule has 15 rings (SSSR count). The van der Waals surface area contributed by atoms with E-state index in [9.17, 15) is 0 Å². The van der Waals surface area contributed by atoms with E-state index in [1.54, 1.807) is 0 Å². The highest BCUT2D eigenvalue weighted by Crippen LogP contribution is 2.63. The summed E-state index contributed by atoms with van der Waals surface area (Å²) in [6, 6.07) is 78.2. The number of anilines is 3. The number of fused-ring (bicyclic) bond motifs is 19. The Labute approximate surface area is 387 Å². The van der Waals surface area contributed by atoms with Crippen molar-refractivity contribution in [1.29, 1.82) is 0 Å². The maximum absolute atomic E-state index is 6.89. The summed E-state index contributed by atoms with van der Waals surface area (Å²) in [5.41, 5.74) is 24.1. The van der Waals surface area contributed by atoms with E-state index >= 15 is 0 Å². The van der Waals surface area contributed by atoms with Crippen LogP contribution in [0.3, 0.4) is 0 Å². The number of hydrogen-bond donors (Lipinski definition) is 0. The van der Waals surface area contributed by atoms with Crippen LogP contribution in [-0.2, 0) is 10.8 Å². The highest BCUT2D eigenvalue weighted by atomic mass is 16.3. The number of benzene rings is 10. The lowest BCUT2D eigenvalue weighted by molar-refractivity contribution is 0.660. The summed E-state index contributed by atoms with van der Waals surface area (Å²) >= 11 is 0. The molecule has 2 aromatic heterocycles. The van der Waals surface area contributed by atoms with Gasteiger partial charge in [-0.1, -0.05) is 159 Å². The number of nitrogens with zero attached hydrogens (tertiary/aromatic N) is 1. The third-order valence-electron chi connectivity index (χ3n) is 15.5. The molecule has 0 N–H and O–H groups in total. The minimum absolute atomic E-state index is 0.165. The Morgan fingerprint density at radius 3 is 1.31 bits per heavy atom. The second kappa shape index (κ2) is 13.1. The summed E-state index contributed by atoms with van der Waals surface area (Å²) in [7, 11) is 0. The summed E-state index contributed by atoms with van der Waals surface area (Å²) in [5, 5.41) is 4.22. The van der Waals surface area contributed by atoms with E-state index in [0.29, 0.717) is 0 Å². The van der Waals surface area contributed by atoms with E-state index in [1.165, 1.54) is 72.3 Å². The van der Waals surface area contributed by atoms with Crippen molar-refractivity contribution in [2.45, 2.75) is 24.7 Å². The average molecular weight is 856 g/mol. The van der Waals surface area contributed by atoms with E-state index in [0.717, 1.165) is 66.5 Å². The van der Waals surface area contributed by atoms with Crippen molar-refractivity contribution in [1.82, 2.24) is 0 Å². The van der Waals surface area contributed by atoms with Crippen molar-refractivity contribution in [2.24, 2.45) is 0 Å². The molecule has 0 unspecified atom stereocenters. The Hall–Kier alpha value is -8.40. The standard InChI is InChI=1S/C64H41NO2/c1-63(2)53-20-10-6-16-43(53)47-29-25-40(33-57(47)63)65(41-26-30-48-46-19-9-13-23-56(46)64(58(48)34-41)54-21-11-7-17-44(54)45-18-8-12-22-55(45)64)42-27-31-50-52-37-61-51(36-62(52)67-60(50)35-42)49-28-24-39(32-59(49)66-61)38-14-4-3-5-15-38/h3-37H,1-2H3. The van der Waals surface area contributed by atoms with Gasteiger partial charge in [-0.2, -0.15) is 0 Å². The van der Waals surface area contributed by atoms with Crippen molar-refractivity contribution in [3.8, 4) is 44.5 Å². The first kappa shape index (κ1) is 36.9. The fourth-order valence-electron chi connectivity index (χ4n) is 12.5. The van der Waals surface area contributed by atoms with Crippen LogP contribution in [0.5, 0.6) is 0 Å². The molecule has 1 spiro atoms. The first-order valence-electron chi connectivity index (χ1n) is 23.3. The van der Waals surface area contributed by atoms with Gasteiger partial charge in [0.15, 0.2) is 0 Å². The van der Waals surface area contributed by atoms with Gasteiger partial charge in [-0.15, -0.1) is 0 Å². The van der Waals surface area contributed by atoms with E-state index in [2.05, 4.69) is 225 Å². The quantitative estimate of drug-likeness (QED) is 0.177. The minimum Gasteiger partial charge on any atom is -0.456 e. The predicted octanol–water partition coefficient (Wildman–Crippen LogP) is 17.3. The largest absolute Gasteiger partial charge is 0.456 e. The van der Waals surface area contributed by atoms with Crippen LogP contribution >= 0.6 is 0 Å². The Kier molecular flexibility index (Phi) is 7.22. The van der Waals surface area contributed by atoms with Gasteiger partial charge in [-0.25, -0.2) is 0 Å². The van der Waals surface area contributed by atoms with Crippen LogP contribution < -0.4 is 4.90 Å². The fraction of sp³-hybridized carbons (Fsp3) is 0.0625. The molecule has 3 heteroatoms. The first-order chi connectivity index (χ1) is 32.9. The summed E-state index contributed by atoms with van der Waals surface area (Å²) in [6.07, 6.45) is 0. The summed E-state index contributed by atoms with van der Waals surface area (Å²) in [6.45, 7) is 4.72. The predicted molar refractivity (Wildman–Crippen MR) is 275 cm³/mol. The smallest absolute Gasteiger partial charge is 0.137 e. The first-order valence-corrected chi connectivity index (χ1v) is 23.3. The molecule has 3 aliphatic carbocycles. The van der Waals surface area contributed by atoms with Gasteiger partial charge in [-0.05, 0) is 139 Å². The van der Waals surface area contributed by atoms with Crippen LogP contribution in [0.2, 0.25) is 0 Å². The average Bonchev–Trinajstić information content (AvgIpc) is 4.14. The molecule has 0 bridgehead atoms. The maximum atomic E-state index is 6.89. The molecule has 0 saturated carbocycles. The lowest BCUT2D eigenvalue weighted by Gasteiger charge is -2.32. The lowest BCUT2D eigenvalue weighted by atomic mass is 9.70. The molecule has 67 heavy (non-hydrogen) atoms. The second-order valence-electron chi connectivity index (χ2n) is 19.2. The van der Waals surface area contributed by atoms with E-state index in [4.69, 9.17) is 8.83 Å².